The first-order chi connectivity index (χ1) is 17.7. The molecular weight excluding hydrogens is 450 g/mol. The molecule has 0 saturated carbocycles. The predicted octanol–water partition coefficient (Wildman–Crippen LogP) is 5.05. The fourth-order valence-electron chi connectivity index (χ4n) is 5.13. The average Bonchev–Trinajstić information content (AvgIpc) is 3.45. The summed E-state index contributed by atoms with van der Waals surface area (Å²) in [5.41, 5.74) is 3.63. The maximum Gasteiger partial charge on any atom is 0.227 e. The Hall–Kier alpha value is -3.97. The van der Waals surface area contributed by atoms with Crippen LogP contribution in [0.1, 0.15) is 39.7 Å². The maximum atomic E-state index is 13.3. The quantitative estimate of drug-likeness (QED) is 0.415. The number of fused-ring (bicyclic) bond motifs is 1. The first-order valence-corrected chi connectivity index (χ1v) is 12.5. The lowest BCUT2D eigenvalue weighted by atomic mass is 9.84. The third kappa shape index (κ3) is 4.75. The summed E-state index contributed by atoms with van der Waals surface area (Å²) in [7, 11) is 0. The lowest BCUT2D eigenvalue weighted by Gasteiger charge is -2.35. The minimum atomic E-state index is -0.00459. The first kappa shape index (κ1) is 22.5. The Morgan fingerprint density at radius 3 is 2.33 bits per heavy atom. The molecule has 1 aliphatic carbocycles. The summed E-state index contributed by atoms with van der Waals surface area (Å²) in [6, 6.07) is 24.3. The third-order valence-electron chi connectivity index (χ3n) is 7.01. The zero-order chi connectivity index (χ0) is 24.3. The molecule has 7 nitrogen and oxygen atoms in total. The number of nitrogens with zero attached hydrogens (tertiary/aromatic N) is 4. The van der Waals surface area contributed by atoms with Crippen LogP contribution in [-0.4, -0.2) is 46.8 Å². The lowest BCUT2D eigenvalue weighted by molar-refractivity contribution is 0.0959. The Morgan fingerprint density at radius 1 is 0.861 bits per heavy atom. The summed E-state index contributed by atoms with van der Waals surface area (Å²) in [6.45, 7) is 4.49. The molecule has 1 saturated heterocycles. The minimum absolute atomic E-state index is 0.00459. The van der Waals surface area contributed by atoms with Gasteiger partial charge < -0.3 is 14.6 Å². The molecule has 0 bridgehead atoms. The smallest absolute Gasteiger partial charge is 0.227 e. The molecule has 6 rings (SSSR count). The summed E-state index contributed by atoms with van der Waals surface area (Å²) >= 11 is 0. The van der Waals surface area contributed by atoms with Crippen LogP contribution in [-0.2, 0) is 13.0 Å². The van der Waals surface area contributed by atoms with Crippen molar-refractivity contribution >= 4 is 23.2 Å². The number of para-hydroxylation sites is 1. The van der Waals surface area contributed by atoms with E-state index < -0.39 is 0 Å². The van der Waals surface area contributed by atoms with E-state index >= 15 is 0 Å². The molecule has 1 atom stereocenters. The van der Waals surface area contributed by atoms with Crippen LogP contribution in [0, 0.1) is 0 Å². The van der Waals surface area contributed by atoms with E-state index in [1.165, 1.54) is 5.56 Å². The number of Topliss-reactive ketones (excluding diaryl/α,β-unsaturated/α-hetero) is 1. The number of furan rings is 1. The summed E-state index contributed by atoms with van der Waals surface area (Å²) in [6.07, 6.45) is 2.71. The Bertz CT molecular complexity index is 1320. The number of carbonyl (C=O) groups is 1. The number of carbonyl (C=O) groups excluding carboxylic acids is 1. The molecule has 1 fully saturated rings. The van der Waals surface area contributed by atoms with Crippen molar-refractivity contribution < 1.29 is 9.21 Å². The normalized spacial score (nSPS) is 18.2. The number of benzene rings is 2. The standard InChI is InChI=1S/C29H29N5O2/c35-25-19-22(26-12-7-17-36-26)18-24-27(25)28(30-23-10-5-2-6-11-23)32-29(31-24)34-15-13-33(14-16-34)20-21-8-3-1-4-9-21/h1-12,17,22H,13-16,18-20H2,(H,30,31,32). The van der Waals surface area contributed by atoms with Gasteiger partial charge in [0.15, 0.2) is 5.78 Å². The van der Waals surface area contributed by atoms with E-state index in [1.54, 1.807) is 6.26 Å². The van der Waals surface area contributed by atoms with Gasteiger partial charge in [0.05, 0.1) is 17.5 Å². The summed E-state index contributed by atoms with van der Waals surface area (Å²) in [4.78, 5) is 27.9. The number of ketones is 1. The van der Waals surface area contributed by atoms with Crippen molar-refractivity contribution in [3.63, 3.8) is 0 Å². The second kappa shape index (κ2) is 9.95. The van der Waals surface area contributed by atoms with Gasteiger partial charge in [0.1, 0.15) is 11.6 Å². The van der Waals surface area contributed by atoms with Gasteiger partial charge in [0, 0.05) is 57.2 Å². The number of rotatable bonds is 6. The van der Waals surface area contributed by atoms with Crippen molar-refractivity contribution in [1.29, 1.82) is 0 Å². The van der Waals surface area contributed by atoms with Crippen LogP contribution in [0.15, 0.2) is 83.5 Å². The molecule has 2 aromatic heterocycles. The van der Waals surface area contributed by atoms with Crippen LogP contribution in [0.5, 0.6) is 0 Å². The zero-order valence-corrected chi connectivity index (χ0v) is 20.1. The molecule has 1 aliphatic heterocycles. The highest BCUT2D eigenvalue weighted by Gasteiger charge is 2.33. The van der Waals surface area contributed by atoms with E-state index in [2.05, 4.69) is 45.4 Å². The van der Waals surface area contributed by atoms with Crippen molar-refractivity contribution in [2.75, 3.05) is 36.4 Å². The van der Waals surface area contributed by atoms with E-state index in [0.29, 0.717) is 30.2 Å². The fraction of sp³-hybridized carbons (Fsp3) is 0.276. The number of hydrogen-bond donors (Lipinski definition) is 1. The molecular formula is C29H29N5O2. The third-order valence-corrected chi connectivity index (χ3v) is 7.01. The highest BCUT2D eigenvalue weighted by Crippen LogP contribution is 2.36. The van der Waals surface area contributed by atoms with E-state index in [9.17, 15) is 4.79 Å². The van der Waals surface area contributed by atoms with Crippen LogP contribution in [0.25, 0.3) is 0 Å². The Kier molecular flexibility index (Phi) is 6.22. The van der Waals surface area contributed by atoms with Crippen molar-refractivity contribution in [1.82, 2.24) is 14.9 Å². The molecule has 1 unspecified atom stereocenters. The highest BCUT2D eigenvalue weighted by atomic mass is 16.3. The Labute approximate surface area is 210 Å². The van der Waals surface area contributed by atoms with Gasteiger partial charge in [-0.3, -0.25) is 9.69 Å². The second-order valence-electron chi connectivity index (χ2n) is 9.48. The number of aromatic nitrogens is 2. The van der Waals surface area contributed by atoms with Gasteiger partial charge >= 0.3 is 0 Å². The minimum Gasteiger partial charge on any atom is -0.469 e. The topological polar surface area (TPSA) is 74.5 Å². The molecule has 0 radical (unpaired) electrons. The van der Waals surface area contributed by atoms with E-state index in [1.807, 2.05) is 42.5 Å². The highest BCUT2D eigenvalue weighted by molar-refractivity contribution is 6.03. The zero-order valence-electron chi connectivity index (χ0n) is 20.1. The van der Waals surface area contributed by atoms with Crippen LogP contribution < -0.4 is 10.2 Å². The molecule has 0 amide bonds. The van der Waals surface area contributed by atoms with E-state index in [0.717, 1.165) is 49.9 Å². The molecule has 2 aliphatic rings. The number of piperazine rings is 1. The Balaban J connectivity index is 1.27. The van der Waals surface area contributed by atoms with E-state index in [-0.39, 0.29) is 11.7 Å². The summed E-state index contributed by atoms with van der Waals surface area (Å²) in [5, 5.41) is 3.40. The van der Waals surface area contributed by atoms with E-state index in [4.69, 9.17) is 14.4 Å². The van der Waals surface area contributed by atoms with Crippen molar-refractivity contribution in [2.24, 2.45) is 0 Å². The number of nitrogens with one attached hydrogen (secondary N) is 1. The van der Waals surface area contributed by atoms with Crippen molar-refractivity contribution in [3.8, 4) is 0 Å². The van der Waals surface area contributed by atoms with Crippen LogP contribution >= 0.6 is 0 Å². The van der Waals surface area contributed by atoms with Gasteiger partial charge in [-0.15, -0.1) is 0 Å². The van der Waals surface area contributed by atoms with Gasteiger partial charge in [0.25, 0.3) is 0 Å². The first-order valence-electron chi connectivity index (χ1n) is 12.5. The van der Waals surface area contributed by atoms with Gasteiger partial charge in [-0.1, -0.05) is 48.5 Å². The molecule has 0 spiro atoms. The lowest BCUT2D eigenvalue weighted by Crippen LogP contribution is -2.46. The number of hydrogen-bond acceptors (Lipinski definition) is 7. The molecule has 36 heavy (non-hydrogen) atoms. The molecule has 2 aromatic carbocycles. The second-order valence-corrected chi connectivity index (χ2v) is 9.48. The monoisotopic (exact) mass is 479 g/mol. The average molecular weight is 480 g/mol. The van der Waals surface area contributed by atoms with Crippen LogP contribution in [0.3, 0.4) is 0 Å². The van der Waals surface area contributed by atoms with Crippen molar-refractivity contribution in [3.05, 3.63) is 102 Å². The molecule has 182 valence electrons. The van der Waals surface area contributed by atoms with Crippen LogP contribution in [0.2, 0.25) is 0 Å². The largest absolute Gasteiger partial charge is 0.469 e. The molecule has 4 aromatic rings. The van der Waals surface area contributed by atoms with Gasteiger partial charge in [-0.25, -0.2) is 4.98 Å². The van der Waals surface area contributed by atoms with Gasteiger partial charge in [-0.2, -0.15) is 4.98 Å². The predicted molar refractivity (Wildman–Crippen MR) is 140 cm³/mol. The molecule has 1 N–H and O–H groups in total. The van der Waals surface area contributed by atoms with Crippen LogP contribution in [0.4, 0.5) is 17.5 Å². The Morgan fingerprint density at radius 2 is 1.61 bits per heavy atom. The molecule has 7 heteroatoms. The van der Waals surface area contributed by atoms with Crippen molar-refractivity contribution in [2.45, 2.75) is 25.3 Å². The molecule has 3 heterocycles. The van der Waals surface area contributed by atoms with Gasteiger partial charge in [-0.05, 0) is 29.8 Å². The fourth-order valence-corrected chi connectivity index (χ4v) is 5.13. The maximum absolute atomic E-state index is 13.3. The van der Waals surface area contributed by atoms with Gasteiger partial charge in [0.2, 0.25) is 5.95 Å². The SMILES string of the molecule is O=C1CC(c2ccco2)Cc2nc(N3CCN(Cc4ccccc4)CC3)nc(Nc3ccccc3)c21. The summed E-state index contributed by atoms with van der Waals surface area (Å²) < 4.78 is 5.64. The summed E-state index contributed by atoms with van der Waals surface area (Å²) in [5.74, 6) is 2.15. The number of anilines is 3.